The minimum atomic E-state index is 0.839. The average Bonchev–Trinajstić information content (AvgIpc) is 2.53. The van der Waals surface area contributed by atoms with Crippen LogP contribution in [-0.4, -0.2) is 52.9 Å². The van der Waals surface area contributed by atoms with Crippen LogP contribution >= 0.6 is 45.1 Å². The molecule has 1 aliphatic carbocycles. The largest absolute Gasteiger partial charge is 0.291 e. The molecule has 8 heteroatoms. The number of rotatable bonds is 13. The number of amidine groups is 2. The topological polar surface area (TPSA) is 80.0 Å². The lowest BCUT2D eigenvalue weighted by molar-refractivity contribution is -0.453. The van der Waals surface area contributed by atoms with Crippen molar-refractivity contribution in [3.05, 3.63) is 0 Å². The third kappa shape index (κ3) is 10.7. The molecule has 0 bridgehead atoms. The molecule has 0 aliphatic heterocycles. The maximum Gasteiger partial charge on any atom is 0.241 e. The van der Waals surface area contributed by atoms with Crippen LogP contribution in [0.4, 0.5) is 0 Å². The number of nitrogens with one attached hydrogen (secondary N) is 2. The van der Waals surface area contributed by atoms with Crippen LogP contribution in [0.5, 0.6) is 0 Å². The Morgan fingerprint density at radius 1 is 1.00 bits per heavy atom. The van der Waals surface area contributed by atoms with Crippen molar-refractivity contribution >= 4 is 56.8 Å². The fourth-order valence-electron chi connectivity index (χ4n) is 2.04. The van der Waals surface area contributed by atoms with Gasteiger partial charge < -0.3 is 0 Å². The van der Waals surface area contributed by atoms with E-state index in [1.54, 1.807) is 0 Å². The monoisotopic (exact) mass is 396 g/mol. The van der Waals surface area contributed by atoms with Gasteiger partial charge in [0, 0.05) is 22.5 Å². The van der Waals surface area contributed by atoms with Crippen molar-refractivity contribution in [2.45, 2.75) is 37.9 Å². The van der Waals surface area contributed by atoms with Crippen LogP contribution in [0.1, 0.15) is 32.6 Å². The second-order valence-corrected chi connectivity index (χ2v) is 10.6. The minimum absolute atomic E-state index is 0.839. The quantitative estimate of drug-likeness (QED) is 0.114. The maximum absolute atomic E-state index is 6.02. The van der Waals surface area contributed by atoms with Gasteiger partial charge in [0.2, 0.25) is 11.7 Å². The van der Waals surface area contributed by atoms with Crippen LogP contribution in [0.3, 0.4) is 0 Å². The van der Waals surface area contributed by atoms with Crippen molar-refractivity contribution in [3.63, 3.8) is 0 Å². The van der Waals surface area contributed by atoms with Crippen molar-refractivity contribution in [2.24, 2.45) is 17.4 Å². The number of nitrogens with two attached hydrogens (primary N) is 2. The van der Waals surface area contributed by atoms with Crippen molar-refractivity contribution < 1.29 is 9.98 Å². The molecule has 0 spiro atoms. The molecule has 0 radical (unpaired) electrons. The maximum atomic E-state index is 6.02. The van der Waals surface area contributed by atoms with Crippen LogP contribution in [-0.2, 0) is 0 Å². The highest BCUT2D eigenvalue weighted by atomic mass is 33.1. The van der Waals surface area contributed by atoms with Gasteiger partial charge in [-0.15, -0.1) is 11.8 Å². The molecule has 0 aromatic heterocycles. The summed E-state index contributed by atoms with van der Waals surface area (Å²) in [5.41, 5.74) is 11.9. The van der Waals surface area contributed by atoms with Gasteiger partial charge >= 0.3 is 0 Å². The molecule has 1 fully saturated rings. The summed E-state index contributed by atoms with van der Waals surface area (Å²) < 4.78 is 0. The molecule has 0 aromatic carbocycles. The molecule has 134 valence electrons. The Labute approximate surface area is 157 Å². The van der Waals surface area contributed by atoms with Gasteiger partial charge in [-0.25, -0.2) is 0 Å². The van der Waals surface area contributed by atoms with E-state index in [2.05, 4.69) is 23.2 Å². The van der Waals surface area contributed by atoms with E-state index in [0.717, 1.165) is 65.4 Å². The van der Waals surface area contributed by atoms with Crippen LogP contribution < -0.4 is 21.5 Å². The second-order valence-electron chi connectivity index (χ2n) is 5.69. The third-order valence-corrected chi connectivity index (χ3v) is 8.25. The predicted molar refractivity (Wildman–Crippen MR) is 112 cm³/mol. The first-order valence-electron chi connectivity index (χ1n) is 8.18. The zero-order chi connectivity index (χ0) is 16.9. The molecule has 2 unspecified atom stereocenters. The summed E-state index contributed by atoms with van der Waals surface area (Å²) in [5.74, 6) is 6.85. The predicted octanol–water partition coefficient (Wildman–Crippen LogP) is -0.124. The smallest absolute Gasteiger partial charge is 0.241 e. The normalized spacial score (nSPS) is 22.2. The van der Waals surface area contributed by atoms with Gasteiger partial charge in [0.05, 0.1) is 19.4 Å². The fourth-order valence-corrected chi connectivity index (χ4v) is 5.64. The number of hydrogen-bond acceptors (Lipinski definition) is 4. The number of thioether (sulfide) groups is 2. The molecule has 0 saturated heterocycles. The van der Waals surface area contributed by atoms with Crippen LogP contribution in [0.25, 0.3) is 0 Å². The lowest BCUT2D eigenvalue weighted by Gasteiger charge is -2.32. The Hall–Kier alpha value is 0.340. The molecule has 6 N–H and O–H groups in total. The first-order chi connectivity index (χ1) is 11.1. The van der Waals surface area contributed by atoms with Crippen molar-refractivity contribution in [1.29, 1.82) is 0 Å². The molecule has 0 heterocycles. The van der Waals surface area contributed by atoms with E-state index in [9.17, 15) is 0 Å². The van der Waals surface area contributed by atoms with E-state index in [4.69, 9.17) is 11.5 Å². The van der Waals surface area contributed by atoms with E-state index in [1.165, 1.54) is 12.8 Å². The van der Waals surface area contributed by atoms with Gasteiger partial charge in [0.1, 0.15) is 5.88 Å². The Morgan fingerprint density at radius 2 is 1.65 bits per heavy atom. The van der Waals surface area contributed by atoms with E-state index in [-0.39, 0.29) is 0 Å². The van der Waals surface area contributed by atoms with E-state index < -0.39 is 0 Å². The number of hydrogen-bond donors (Lipinski definition) is 4. The molecule has 0 aromatic rings. The Morgan fingerprint density at radius 3 is 2.17 bits per heavy atom. The summed E-state index contributed by atoms with van der Waals surface area (Å²) in [6.07, 6.45) is 6.73. The molecule has 0 amide bonds. The molecule has 23 heavy (non-hydrogen) atoms. The summed E-state index contributed by atoms with van der Waals surface area (Å²) in [5, 5.41) is 0.839. The SMILES string of the molecule is CSCC[NH+]=C(N)CCSSCCC(N)=[NH+]CSC1CCC1C. The molecular formula is C15H32N4S4+2. The van der Waals surface area contributed by atoms with Gasteiger partial charge in [-0.05, 0) is 25.0 Å². The lowest BCUT2D eigenvalue weighted by atomic mass is 9.87. The Balaban J connectivity index is 1.94. The summed E-state index contributed by atoms with van der Waals surface area (Å²) >= 11 is 3.84. The van der Waals surface area contributed by atoms with Gasteiger partial charge in [-0.1, -0.05) is 28.5 Å². The minimum Gasteiger partial charge on any atom is -0.291 e. The average molecular weight is 397 g/mol. The molecule has 2 atom stereocenters. The molecular weight excluding hydrogens is 364 g/mol. The van der Waals surface area contributed by atoms with E-state index >= 15 is 0 Å². The Bertz CT molecular complexity index is 376. The highest BCUT2D eigenvalue weighted by molar-refractivity contribution is 8.76. The lowest BCUT2D eigenvalue weighted by Crippen LogP contribution is -2.76. The summed E-state index contributed by atoms with van der Waals surface area (Å²) in [4.78, 5) is 6.59. The van der Waals surface area contributed by atoms with Crippen LogP contribution in [0.15, 0.2) is 0 Å². The van der Waals surface area contributed by atoms with Crippen molar-refractivity contribution in [1.82, 2.24) is 0 Å². The van der Waals surface area contributed by atoms with Crippen LogP contribution in [0.2, 0.25) is 0 Å². The standard InChI is InChI=1S/C15H30N4S4/c1-12-3-4-13(12)21-11-19-15(17)6-9-23-22-8-5-14(16)18-7-10-20-2/h12-13H,3-11H2,1-2H3,(H2,16,18)(H2,17,19)/p+2. The van der Waals surface area contributed by atoms with Gasteiger partial charge in [0.15, 0.2) is 0 Å². The van der Waals surface area contributed by atoms with Crippen molar-refractivity contribution in [3.8, 4) is 0 Å². The summed E-state index contributed by atoms with van der Waals surface area (Å²) in [7, 11) is 3.75. The Kier molecular flexibility index (Phi) is 12.7. The zero-order valence-electron chi connectivity index (χ0n) is 14.3. The van der Waals surface area contributed by atoms with Gasteiger partial charge in [-0.2, -0.15) is 11.8 Å². The highest BCUT2D eigenvalue weighted by Gasteiger charge is 2.26. The highest BCUT2D eigenvalue weighted by Crippen LogP contribution is 2.35. The summed E-state index contributed by atoms with van der Waals surface area (Å²) in [6.45, 7) is 3.30. The second kappa shape index (κ2) is 13.6. The summed E-state index contributed by atoms with van der Waals surface area (Å²) in [6, 6.07) is 0. The molecule has 1 saturated carbocycles. The van der Waals surface area contributed by atoms with Crippen LogP contribution in [0, 0.1) is 5.92 Å². The molecule has 1 aliphatic rings. The molecule has 1 rings (SSSR count). The van der Waals surface area contributed by atoms with Gasteiger partial charge in [0.25, 0.3) is 0 Å². The first kappa shape index (κ1) is 21.4. The zero-order valence-corrected chi connectivity index (χ0v) is 17.6. The first-order valence-corrected chi connectivity index (χ1v) is 13.1. The van der Waals surface area contributed by atoms with E-state index in [1.807, 2.05) is 45.1 Å². The third-order valence-electron chi connectivity index (χ3n) is 3.79. The fraction of sp³-hybridized carbons (Fsp3) is 0.867. The molecule has 4 nitrogen and oxygen atoms in total. The van der Waals surface area contributed by atoms with Crippen molar-refractivity contribution in [2.75, 3.05) is 35.9 Å². The van der Waals surface area contributed by atoms with Gasteiger partial charge in [-0.3, -0.25) is 21.5 Å². The van der Waals surface area contributed by atoms with E-state index in [0.29, 0.717) is 0 Å².